The Morgan fingerprint density at radius 2 is 2.10 bits per heavy atom. The number of nitrogens with zero attached hydrogens (tertiary/aromatic N) is 4. The molecular formula is C14H14FN5O. The molecule has 3 rings (SSSR count). The van der Waals surface area contributed by atoms with E-state index < -0.39 is 11.6 Å². The smallest absolute Gasteiger partial charge is 0.264 e. The van der Waals surface area contributed by atoms with Crippen LogP contribution in [0.5, 0.6) is 0 Å². The topological polar surface area (TPSA) is 71.0 Å². The van der Waals surface area contributed by atoms with Gasteiger partial charge in [-0.2, -0.15) is 0 Å². The molecule has 0 aliphatic carbocycles. The Labute approximate surface area is 121 Å². The molecule has 0 saturated carbocycles. The van der Waals surface area contributed by atoms with Crippen molar-refractivity contribution in [2.24, 2.45) is 0 Å². The number of carbonyl (C=O) groups excluding carboxylic acids is 1. The minimum atomic E-state index is -1.95. The number of halogens is 1. The molecule has 1 saturated heterocycles. The fourth-order valence-electron chi connectivity index (χ4n) is 2.26. The lowest BCUT2D eigenvalue weighted by atomic mass is 10.0. The number of anilines is 2. The molecule has 0 radical (unpaired) electrons. The van der Waals surface area contributed by atoms with E-state index >= 15 is 0 Å². The molecule has 6 nitrogen and oxygen atoms in total. The summed E-state index contributed by atoms with van der Waals surface area (Å²) >= 11 is 0. The Kier molecular flexibility index (Phi) is 3.47. The van der Waals surface area contributed by atoms with E-state index in [0.29, 0.717) is 18.2 Å². The Bertz CT molecular complexity index is 624. The second-order valence-corrected chi connectivity index (χ2v) is 4.88. The summed E-state index contributed by atoms with van der Waals surface area (Å²) < 4.78 is 14.8. The third-order valence-electron chi connectivity index (χ3n) is 3.38. The lowest BCUT2D eigenvalue weighted by Crippen LogP contribution is -2.41. The molecule has 1 aliphatic rings. The highest BCUT2D eigenvalue weighted by atomic mass is 19.1. The normalized spacial score (nSPS) is 21.3. The Hall–Kier alpha value is -2.57. The van der Waals surface area contributed by atoms with Gasteiger partial charge in [-0.3, -0.25) is 9.78 Å². The van der Waals surface area contributed by atoms with E-state index in [1.807, 2.05) is 0 Å². The van der Waals surface area contributed by atoms with Gasteiger partial charge < -0.3 is 10.2 Å². The van der Waals surface area contributed by atoms with Gasteiger partial charge in [0.2, 0.25) is 11.6 Å². The lowest BCUT2D eigenvalue weighted by Gasteiger charge is -2.20. The predicted molar refractivity (Wildman–Crippen MR) is 75.6 cm³/mol. The molecule has 0 bridgehead atoms. The number of aromatic nitrogens is 3. The first kappa shape index (κ1) is 13.4. The third-order valence-corrected chi connectivity index (χ3v) is 3.38. The van der Waals surface area contributed by atoms with Crippen molar-refractivity contribution in [1.29, 1.82) is 0 Å². The first-order chi connectivity index (χ1) is 10.2. The number of hydrogen-bond donors (Lipinski definition) is 1. The number of alkyl halides is 1. The van der Waals surface area contributed by atoms with E-state index in [4.69, 9.17) is 0 Å². The molecule has 2 aromatic rings. The fourth-order valence-corrected chi connectivity index (χ4v) is 2.26. The Morgan fingerprint density at radius 1 is 1.29 bits per heavy atom. The SMILES string of the molecule is O=C(Nc1cccnc1)C1(F)CCN(c2ncccn2)C1. The van der Waals surface area contributed by atoms with E-state index in [2.05, 4.69) is 20.3 Å². The van der Waals surface area contributed by atoms with Crippen LogP contribution in [-0.4, -0.2) is 39.6 Å². The van der Waals surface area contributed by atoms with Crippen molar-refractivity contribution in [1.82, 2.24) is 15.0 Å². The average Bonchev–Trinajstić information content (AvgIpc) is 2.93. The highest BCUT2D eigenvalue weighted by Gasteiger charge is 2.46. The maximum absolute atomic E-state index is 14.8. The van der Waals surface area contributed by atoms with Gasteiger partial charge in [0.1, 0.15) is 0 Å². The third kappa shape index (κ3) is 2.81. The van der Waals surface area contributed by atoms with E-state index in [0.717, 1.165) is 0 Å². The van der Waals surface area contributed by atoms with Gasteiger partial charge in [0, 0.05) is 31.6 Å². The van der Waals surface area contributed by atoms with Crippen molar-refractivity contribution in [2.45, 2.75) is 12.1 Å². The van der Waals surface area contributed by atoms with Gasteiger partial charge in [-0.15, -0.1) is 0 Å². The van der Waals surface area contributed by atoms with Crippen molar-refractivity contribution >= 4 is 17.5 Å². The molecule has 0 aromatic carbocycles. The molecule has 21 heavy (non-hydrogen) atoms. The summed E-state index contributed by atoms with van der Waals surface area (Å²) in [7, 11) is 0. The predicted octanol–water partition coefficient (Wildman–Crippen LogP) is 1.43. The van der Waals surface area contributed by atoms with Gasteiger partial charge >= 0.3 is 0 Å². The number of hydrogen-bond acceptors (Lipinski definition) is 5. The van der Waals surface area contributed by atoms with Crippen molar-refractivity contribution in [3.63, 3.8) is 0 Å². The molecule has 1 N–H and O–H groups in total. The van der Waals surface area contributed by atoms with Crippen LogP contribution >= 0.6 is 0 Å². The van der Waals surface area contributed by atoms with E-state index in [-0.39, 0.29) is 13.0 Å². The molecular weight excluding hydrogens is 273 g/mol. The molecule has 2 aromatic heterocycles. The zero-order valence-corrected chi connectivity index (χ0v) is 11.2. The highest BCUT2D eigenvalue weighted by molar-refractivity contribution is 5.98. The van der Waals surface area contributed by atoms with E-state index in [1.54, 1.807) is 41.7 Å². The standard InChI is InChI=1S/C14H14FN5O/c15-14(12(21)19-11-3-1-5-16-9-11)4-8-20(10-14)13-17-6-2-7-18-13/h1-3,5-7,9H,4,8,10H2,(H,19,21). The molecule has 1 aliphatic heterocycles. The summed E-state index contributed by atoms with van der Waals surface area (Å²) in [5.41, 5.74) is -1.47. The Morgan fingerprint density at radius 3 is 2.81 bits per heavy atom. The van der Waals surface area contributed by atoms with E-state index in [9.17, 15) is 9.18 Å². The zero-order valence-electron chi connectivity index (χ0n) is 11.2. The van der Waals surface area contributed by atoms with Gasteiger partial charge in [-0.05, 0) is 18.2 Å². The van der Waals surface area contributed by atoms with Gasteiger partial charge in [0.15, 0.2) is 0 Å². The quantitative estimate of drug-likeness (QED) is 0.924. The molecule has 1 amide bonds. The average molecular weight is 287 g/mol. The van der Waals surface area contributed by atoms with Crippen molar-refractivity contribution in [3.05, 3.63) is 43.0 Å². The van der Waals surface area contributed by atoms with Crippen LogP contribution in [0.15, 0.2) is 43.0 Å². The molecule has 1 atom stereocenters. The van der Waals surface area contributed by atoms with Crippen LogP contribution in [0.4, 0.5) is 16.0 Å². The van der Waals surface area contributed by atoms with Gasteiger partial charge in [0.05, 0.1) is 18.4 Å². The molecule has 1 fully saturated rings. The van der Waals surface area contributed by atoms with Crippen molar-refractivity contribution in [3.8, 4) is 0 Å². The maximum Gasteiger partial charge on any atom is 0.264 e. The van der Waals surface area contributed by atoms with Crippen LogP contribution in [0.1, 0.15) is 6.42 Å². The minimum Gasteiger partial charge on any atom is -0.337 e. The van der Waals surface area contributed by atoms with Gasteiger partial charge in [-0.1, -0.05) is 0 Å². The first-order valence-corrected chi connectivity index (χ1v) is 6.60. The Balaban J connectivity index is 1.70. The molecule has 7 heteroatoms. The zero-order chi connectivity index (χ0) is 14.7. The first-order valence-electron chi connectivity index (χ1n) is 6.60. The van der Waals surface area contributed by atoms with Crippen LogP contribution in [0.25, 0.3) is 0 Å². The summed E-state index contributed by atoms with van der Waals surface area (Å²) in [6.45, 7) is 0.351. The van der Waals surface area contributed by atoms with Crippen LogP contribution in [0.3, 0.4) is 0 Å². The summed E-state index contributed by atoms with van der Waals surface area (Å²) in [5, 5.41) is 2.55. The second-order valence-electron chi connectivity index (χ2n) is 4.88. The van der Waals surface area contributed by atoms with E-state index in [1.165, 1.54) is 6.20 Å². The summed E-state index contributed by atoms with van der Waals surface area (Å²) in [6, 6.07) is 5.04. The number of rotatable bonds is 3. The minimum absolute atomic E-state index is 0.0525. The van der Waals surface area contributed by atoms with Crippen molar-refractivity contribution < 1.29 is 9.18 Å². The summed E-state index contributed by atoms with van der Waals surface area (Å²) in [5.74, 6) is -0.222. The molecule has 3 heterocycles. The van der Waals surface area contributed by atoms with Gasteiger partial charge in [-0.25, -0.2) is 14.4 Å². The molecule has 1 unspecified atom stereocenters. The maximum atomic E-state index is 14.8. The van der Waals surface area contributed by atoms with Crippen LogP contribution in [0, 0.1) is 0 Å². The van der Waals surface area contributed by atoms with Crippen molar-refractivity contribution in [2.75, 3.05) is 23.3 Å². The number of nitrogens with one attached hydrogen (secondary N) is 1. The molecule has 0 spiro atoms. The number of amides is 1. The summed E-state index contributed by atoms with van der Waals surface area (Å²) in [4.78, 5) is 25.8. The largest absolute Gasteiger partial charge is 0.337 e. The number of pyridine rings is 1. The van der Waals surface area contributed by atoms with Crippen LogP contribution in [-0.2, 0) is 4.79 Å². The number of carbonyl (C=O) groups is 1. The van der Waals surface area contributed by atoms with Gasteiger partial charge in [0.25, 0.3) is 5.91 Å². The fraction of sp³-hybridized carbons (Fsp3) is 0.286. The lowest BCUT2D eigenvalue weighted by molar-refractivity contribution is -0.126. The van der Waals surface area contributed by atoms with Crippen LogP contribution in [0.2, 0.25) is 0 Å². The second kappa shape index (κ2) is 5.43. The summed E-state index contributed by atoms with van der Waals surface area (Å²) in [6.07, 6.45) is 6.36. The monoisotopic (exact) mass is 287 g/mol. The van der Waals surface area contributed by atoms with Crippen LogP contribution < -0.4 is 10.2 Å². The molecule has 108 valence electrons. The highest BCUT2D eigenvalue weighted by Crippen LogP contribution is 2.29.